The van der Waals surface area contributed by atoms with Gasteiger partial charge >= 0.3 is 0 Å². The third kappa shape index (κ3) is 3.95. The molecule has 0 spiro atoms. The molecule has 0 aliphatic carbocycles. The maximum absolute atomic E-state index is 12.3. The number of amides is 1. The van der Waals surface area contributed by atoms with Gasteiger partial charge in [-0.1, -0.05) is 48.5 Å². The monoisotopic (exact) mass is 318 g/mol. The van der Waals surface area contributed by atoms with Gasteiger partial charge in [0, 0.05) is 25.5 Å². The third-order valence-electron chi connectivity index (χ3n) is 3.51. The summed E-state index contributed by atoms with van der Waals surface area (Å²) < 4.78 is 0. The van der Waals surface area contributed by atoms with E-state index in [1.807, 2.05) is 72.6 Å². The average molecular weight is 318 g/mol. The Morgan fingerprint density at radius 3 is 2.38 bits per heavy atom. The number of anilines is 2. The lowest BCUT2D eigenvalue weighted by atomic mass is 10.2. The summed E-state index contributed by atoms with van der Waals surface area (Å²) in [7, 11) is 1.90. The van der Waals surface area contributed by atoms with Crippen LogP contribution in [0, 0.1) is 0 Å². The first-order chi connectivity index (χ1) is 11.7. The van der Waals surface area contributed by atoms with Crippen molar-refractivity contribution in [2.45, 2.75) is 6.54 Å². The van der Waals surface area contributed by atoms with Gasteiger partial charge in [-0.05, 0) is 23.8 Å². The van der Waals surface area contributed by atoms with E-state index in [9.17, 15) is 4.79 Å². The van der Waals surface area contributed by atoms with Gasteiger partial charge in [-0.2, -0.15) is 0 Å². The second-order valence-electron chi connectivity index (χ2n) is 5.40. The standard InChI is InChI=1S/C19H18N4O/c1-23(14-15-8-4-2-5-9-15)19-20-13-12-17(22-19)18(24)21-16-10-6-3-7-11-16/h2-13H,14H2,1H3,(H,21,24). The van der Waals surface area contributed by atoms with Gasteiger partial charge in [0.15, 0.2) is 0 Å². The maximum atomic E-state index is 12.3. The van der Waals surface area contributed by atoms with E-state index in [0.29, 0.717) is 18.2 Å². The average Bonchev–Trinajstić information content (AvgIpc) is 2.63. The van der Waals surface area contributed by atoms with E-state index in [1.54, 1.807) is 12.3 Å². The van der Waals surface area contributed by atoms with Crippen LogP contribution in [0.4, 0.5) is 11.6 Å². The summed E-state index contributed by atoms with van der Waals surface area (Å²) in [5.74, 6) is 0.262. The molecule has 0 unspecified atom stereocenters. The highest BCUT2D eigenvalue weighted by Crippen LogP contribution is 2.12. The molecule has 2 aromatic carbocycles. The maximum Gasteiger partial charge on any atom is 0.274 e. The number of carbonyl (C=O) groups excluding carboxylic acids is 1. The molecule has 0 bridgehead atoms. The van der Waals surface area contributed by atoms with E-state index in [1.165, 1.54) is 0 Å². The van der Waals surface area contributed by atoms with Crippen LogP contribution in [-0.4, -0.2) is 22.9 Å². The van der Waals surface area contributed by atoms with Crippen LogP contribution in [0.15, 0.2) is 72.9 Å². The Morgan fingerprint density at radius 1 is 1.00 bits per heavy atom. The predicted molar refractivity (Wildman–Crippen MR) is 95.0 cm³/mol. The molecule has 1 heterocycles. The zero-order valence-corrected chi connectivity index (χ0v) is 13.4. The molecule has 0 fully saturated rings. The lowest BCUT2D eigenvalue weighted by Gasteiger charge is -2.17. The third-order valence-corrected chi connectivity index (χ3v) is 3.51. The molecule has 5 nitrogen and oxygen atoms in total. The summed E-state index contributed by atoms with van der Waals surface area (Å²) in [5, 5.41) is 2.83. The van der Waals surface area contributed by atoms with Gasteiger partial charge in [0.25, 0.3) is 5.91 Å². The molecule has 0 aliphatic heterocycles. The molecule has 120 valence electrons. The number of para-hydroxylation sites is 1. The van der Waals surface area contributed by atoms with E-state index in [4.69, 9.17) is 0 Å². The van der Waals surface area contributed by atoms with Gasteiger partial charge in [-0.25, -0.2) is 9.97 Å². The van der Waals surface area contributed by atoms with Crippen molar-refractivity contribution >= 4 is 17.5 Å². The van der Waals surface area contributed by atoms with Gasteiger partial charge in [-0.3, -0.25) is 4.79 Å². The van der Waals surface area contributed by atoms with Gasteiger partial charge in [0.05, 0.1) is 0 Å². The number of hydrogen-bond acceptors (Lipinski definition) is 4. The highest BCUT2D eigenvalue weighted by Gasteiger charge is 2.11. The minimum atomic E-state index is -0.252. The van der Waals surface area contributed by atoms with E-state index in [-0.39, 0.29) is 5.91 Å². The number of hydrogen-bond donors (Lipinski definition) is 1. The van der Waals surface area contributed by atoms with Crippen molar-refractivity contribution in [2.24, 2.45) is 0 Å². The fourth-order valence-electron chi connectivity index (χ4n) is 2.30. The molecular formula is C19H18N4O. The normalized spacial score (nSPS) is 10.2. The largest absolute Gasteiger partial charge is 0.340 e. The molecule has 0 saturated heterocycles. The number of carbonyl (C=O) groups is 1. The van der Waals surface area contributed by atoms with Gasteiger partial charge in [0.2, 0.25) is 5.95 Å². The van der Waals surface area contributed by atoms with Gasteiger partial charge in [-0.15, -0.1) is 0 Å². The van der Waals surface area contributed by atoms with E-state index >= 15 is 0 Å². The highest BCUT2D eigenvalue weighted by atomic mass is 16.1. The fourth-order valence-corrected chi connectivity index (χ4v) is 2.30. The molecule has 24 heavy (non-hydrogen) atoms. The van der Waals surface area contributed by atoms with Crippen LogP contribution in [0.2, 0.25) is 0 Å². The molecular weight excluding hydrogens is 300 g/mol. The molecule has 0 saturated carbocycles. The number of rotatable bonds is 5. The first-order valence-electron chi connectivity index (χ1n) is 7.67. The van der Waals surface area contributed by atoms with E-state index in [2.05, 4.69) is 15.3 Å². The molecule has 0 aliphatic rings. The quantitative estimate of drug-likeness (QED) is 0.783. The first-order valence-corrected chi connectivity index (χ1v) is 7.67. The summed E-state index contributed by atoms with van der Waals surface area (Å²) in [4.78, 5) is 22.9. The van der Waals surface area contributed by atoms with E-state index in [0.717, 1.165) is 11.3 Å². The zero-order chi connectivity index (χ0) is 16.8. The van der Waals surface area contributed by atoms with Crippen LogP contribution >= 0.6 is 0 Å². The molecule has 0 radical (unpaired) electrons. The summed E-state index contributed by atoms with van der Waals surface area (Å²) in [5.41, 5.74) is 2.23. The van der Waals surface area contributed by atoms with Crippen molar-refractivity contribution in [2.75, 3.05) is 17.3 Å². The van der Waals surface area contributed by atoms with Crippen molar-refractivity contribution in [3.8, 4) is 0 Å². The van der Waals surface area contributed by atoms with Gasteiger partial charge in [0.1, 0.15) is 5.69 Å². The predicted octanol–water partition coefficient (Wildman–Crippen LogP) is 3.37. The minimum Gasteiger partial charge on any atom is -0.340 e. The molecule has 3 rings (SSSR count). The molecule has 1 N–H and O–H groups in total. The van der Waals surface area contributed by atoms with Crippen LogP contribution in [0.3, 0.4) is 0 Å². The van der Waals surface area contributed by atoms with Crippen molar-refractivity contribution < 1.29 is 4.79 Å². The Labute approximate surface area is 141 Å². The minimum absolute atomic E-state index is 0.252. The molecule has 5 heteroatoms. The van der Waals surface area contributed by atoms with Crippen LogP contribution in [-0.2, 0) is 6.54 Å². The molecule has 1 amide bonds. The van der Waals surface area contributed by atoms with Crippen LogP contribution < -0.4 is 10.2 Å². The number of nitrogens with one attached hydrogen (secondary N) is 1. The molecule has 3 aromatic rings. The second kappa shape index (κ2) is 7.37. The number of aromatic nitrogens is 2. The van der Waals surface area contributed by atoms with Crippen molar-refractivity contribution in [1.29, 1.82) is 0 Å². The lowest BCUT2D eigenvalue weighted by Crippen LogP contribution is -2.21. The Bertz CT molecular complexity index is 806. The number of nitrogens with zero attached hydrogens (tertiary/aromatic N) is 3. The Balaban J connectivity index is 1.72. The Morgan fingerprint density at radius 2 is 1.67 bits per heavy atom. The van der Waals surface area contributed by atoms with Crippen LogP contribution in [0.25, 0.3) is 0 Å². The topological polar surface area (TPSA) is 58.1 Å². The summed E-state index contributed by atoms with van der Waals surface area (Å²) in [6.45, 7) is 0.671. The van der Waals surface area contributed by atoms with Gasteiger partial charge < -0.3 is 10.2 Å². The Kier molecular flexibility index (Phi) is 4.81. The summed E-state index contributed by atoms with van der Waals surface area (Å²) >= 11 is 0. The highest BCUT2D eigenvalue weighted by molar-refractivity contribution is 6.02. The molecule has 0 atom stereocenters. The lowest BCUT2D eigenvalue weighted by molar-refractivity contribution is 0.102. The van der Waals surface area contributed by atoms with Crippen LogP contribution in [0.1, 0.15) is 16.1 Å². The SMILES string of the molecule is CN(Cc1ccccc1)c1nccc(C(=O)Nc2ccccc2)n1. The molecule has 1 aromatic heterocycles. The fraction of sp³-hybridized carbons (Fsp3) is 0.105. The smallest absolute Gasteiger partial charge is 0.274 e. The second-order valence-corrected chi connectivity index (χ2v) is 5.40. The summed E-state index contributed by atoms with van der Waals surface area (Å²) in [6.07, 6.45) is 1.60. The van der Waals surface area contributed by atoms with E-state index < -0.39 is 0 Å². The van der Waals surface area contributed by atoms with Crippen molar-refractivity contribution in [1.82, 2.24) is 9.97 Å². The van der Waals surface area contributed by atoms with Crippen molar-refractivity contribution in [3.05, 3.63) is 84.2 Å². The summed E-state index contributed by atoms with van der Waals surface area (Å²) in [6, 6.07) is 21.0. The van der Waals surface area contributed by atoms with Crippen molar-refractivity contribution in [3.63, 3.8) is 0 Å². The first kappa shape index (κ1) is 15.7. The Hall–Kier alpha value is -3.21. The zero-order valence-electron chi connectivity index (χ0n) is 13.4. The van der Waals surface area contributed by atoms with Crippen LogP contribution in [0.5, 0.6) is 0 Å². The number of benzene rings is 2.